The third-order valence-corrected chi connectivity index (χ3v) is 3.56. The SMILES string of the molecule is CCNCc1ccc(Cl)cc1-n1cnc2ccccc21. The van der Waals surface area contributed by atoms with Crippen LogP contribution in [0.2, 0.25) is 5.02 Å². The van der Waals surface area contributed by atoms with E-state index in [0.29, 0.717) is 0 Å². The molecule has 0 amide bonds. The molecule has 0 aliphatic carbocycles. The number of benzene rings is 2. The molecule has 0 aliphatic heterocycles. The minimum absolute atomic E-state index is 0.734. The fraction of sp³-hybridized carbons (Fsp3) is 0.188. The molecule has 0 unspecified atom stereocenters. The van der Waals surface area contributed by atoms with Crippen LogP contribution in [0.3, 0.4) is 0 Å². The van der Waals surface area contributed by atoms with Crippen molar-refractivity contribution in [3.8, 4) is 5.69 Å². The molecule has 0 saturated heterocycles. The highest BCUT2D eigenvalue weighted by Crippen LogP contribution is 2.24. The van der Waals surface area contributed by atoms with Crippen molar-refractivity contribution in [1.29, 1.82) is 0 Å². The third-order valence-electron chi connectivity index (χ3n) is 3.33. The Labute approximate surface area is 123 Å². The molecule has 1 N–H and O–H groups in total. The van der Waals surface area contributed by atoms with Gasteiger partial charge in [0.2, 0.25) is 0 Å². The van der Waals surface area contributed by atoms with E-state index in [1.807, 2.05) is 36.7 Å². The van der Waals surface area contributed by atoms with Gasteiger partial charge in [-0.2, -0.15) is 0 Å². The zero-order valence-corrected chi connectivity index (χ0v) is 12.1. The van der Waals surface area contributed by atoms with Gasteiger partial charge in [-0.05, 0) is 36.4 Å². The summed E-state index contributed by atoms with van der Waals surface area (Å²) >= 11 is 6.16. The van der Waals surface area contributed by atoms with E-state index >= 15 is 0 Å². The van der Waals surface area contributed by atoms with Gasteiger partial charge in [0, 0.05) is 11.6 Å². The van der Waals surface area contributed by atoms with Crippen LogP contribution in [-0.4, -0.2) is 16.1 Å². The van der Waals surface area contributed by atoms with Crippen molar-refractivity contribution in [3.05, 3.63) is 59.4 Å². The summed E-state index contributed by atoms with van der Waals surface area (Å²) in [7, 11) is 0. The minimum Gasteiger partial charge on any atom is -0.313 e. The van der Waals surface area contributed by atoms with Crippen LogP contribution in [0.15, 0.2) is 48.8 Å². The number of aromatic nitrogens is 2. The molecular weight excluding hydrogens is 270 g/mol. The minimum atomic E-state index is 0.734. The molecule has 20 heavy (non-hydrogen) atoms. The number of nitrogens with one attached hydrogen (secondary N) is 1. The maximum absolute atomic E-state index is 6.16. The molecule has 0 spiro atoms. The number of rotatable bonds is 4. The van der Waals surface area contributed by atoms with Gasteiger partial charge in [-0.3, -0.25) is 4.57 Å². The molecule has 0 fully saturated rings. The fourth-order valence-electron chi connectivity index (χ4n) is 2.32. The molecular formula is C16H16ClN3. The summed E-state index contributed by atoms with van der Waals surface area (Å²) in [5.41, 5.74) is 4.36. The molecule has 1 heterocycles. The smallest absolute Gasteiger partial charge is 0.100 e. The Morgan fingerprint density at radius 1 is 1.20 bits per heavy atom. The molecule has 102 valence electrons. The summed E-state index contributed by atoms with van der Waals surface area (Å²) in [6, 6.07) is 14.1. The molecule has 3 rings (SSSR count). The van der Waals surface area contributed by atoms with Crippen LogP contribution in [0.1, 0.15) is 12.5 Å². The van der Waals surface area contributed by atoms with Gasteiger partial charge in [-0.15, -0.1) is 0 Å². The molecule has 0 saturated carbocycles. The number of halogens is 1. The molecule has 0 bridgehead atoms. The second kappa shape index (κ2) is 5.65. The van der Waals surface area contributed by atoms with Crippen molar-refractivity contribution in [2.24, 2.45) is 0 Å². The average Bonchev–Trinajstić information content (AvgIpc) is 2.90. The van der Waals surface area contributed by atoms with Crippen molar-refractivity contribution in [2.45, 2.75) is 13.5 Å². The van der Waals surface area contributed by atoms with E-state index in [1.165, 1.54) is 5.56 Å². The van der Waals surface area contributed by atoms with Crippen LogP contribution in [0.4, 0.5) is 0 Å². The maximum Gasteiger partial charge on any atom is 0.100 e. The van der Waals surface area contributed by atoms with Gasteiger partial charge in [0.15, 0.2) is 0 Å². The first-order valence-electron chi connectivity index (χ1n) is 6.71. The van der Waals surface area contributed by atoms with Crippen molar-refractivity contribution in [3.63, 3.8) is 0 Å². The Balaban J connectivity index is 2.14. The molecule has 2 aromatic carbocycles. The van der Waals surface area contributed by atoms with Gasteiger partial charge in [0.05, 0.1) is 16.7 Å². The largest absolute Gasteiger partial charge is 0.313 e. The van der Waals surface area contributed by atoms with Crippen LogP contribution in [0.25, 0.3) is 16.7 Å². The fourth-order valence-corrected chi connectivity index (χ4v) is 2.49. The van der Waals surface area contributed by atoms with E-state index in [4.69, 9.17) is 11.6 Å². The van der Waals surface area contributed by atoms with Gasteiger partial charge in [0.1, 0.15) is 6.33 Å². The predicted molar refractivity (Wildman–Crippen MR) is 83.5 cm³/mol. The van der Waals surface area contributed by atoms with Gasteiger partial charge in [-0.25, -0.2) is 4.98 Å². The zero-order valence-electron chi connectivity index (χ0n) is 11.3. The molecule has 3 nitrogen and oxygen atoms in total. The van der Waals surface area contributed by atoms with Gasteiger partial charge < -0.3 is 5.32 Å². The lowest BCUT2D eigenvalue weighted by atomic mass is 10.1. The monoisotopic (exact) mass is 285 g/mol. The Morgan fingerprint density at radius 3 is 2.90 bits per heavy atom. The van der Waals surface area contributed by atoms with Crippen molar-refractivity contribution in [1.82, 2.24) is 14.9 Å². The van der Waals surface area contributed by atoms with Gasteiger partial charge in [-0.1, -0.05) is 36.7 Å². The summed E-state index contributed by atoms with van der Waals surface area (Å²) in [4.78, 5) is 4.45. The lowest BCUT2D eigenvalue weighted by Gasteiger charge is -2.12. The number of hydrogen-bond acceptors (Lipinski definition) is 2. The van der Waals surface area contributed by atoms with E-state index in [0.717, 1.165) is 34.8 Å². The summed E-state index contributed by atoms with van der Waals surface area (Å²) < 4.78 is 2.09. The van der Waals surface area contributed by atoms with Crippen molar-refractivity contribution < 1.29 is 0 Å². The van der Waals surface area contributed by atoms with Crippen molar-refractivity contribution in [2.75, 3.05) is 6.54 Å². The topological polar surface area (TPSA) is 29.9 Å². The molecule has 0 aliphatic rings. The first-order chi connectivity index (χ1) is 9.79. The number of para-hydroxylation sites is 2. The second-order valence-corrected chi connectivity index (χ2v) is 5.09. The van der Waals surface area contributed by atoms with Crippen LogP contribution in [0, 0.1) is 0 Å². The lowest BCUT2D eigenvalue weighted by molar-refractivity contribution is 0.723. The van der Waals surface area contributed by atoms with Crippen molar-refractivity contribution >= 4 is 22.6 Å². The van der Waals surface area contributed by atoms with Gasteiger partial charge in [0.25, 0.3) is 0 Å². The Kier molecular flexibility index (Phi) is 3.72. The highest BCUT2D eigenvalue weighted by molar-refractivity contribution is 6.30. The second-order valence-electron chi connectivity index (χ2n) is 4.66. The molecule has 1 aromatic heterocycles. The number of imidazole rings is 1. The Hall–Kier alpha value is -1.84. The van der Waals surface area contributed by atoms with E-state index in [9.17, 15) is 0 Å². The first-order valence-corrected chi connectivity index (χ1v) is 7.09. The normalized spacial score (nSPS) is 11.1. The van der Waals surface area contributed by atoms with Crippen LogP contribution < -0.4 is 5.32 Å². The quantitative estimate of drug-likeness (QED) is 0.790. The number of hydrogen-bond donors (Lipinski definition) is 1. The zero-order chi connectivity index (χ0) is 13.9. The van der Waals surface area contributed by atoms with Crippen LogP contribution in [-0.2, 0) is 6.54 Å². The lowest BCUT2D eigenvalue weighted by Crippen LogP contribution is -2.13. The molecule has 4 heteroatoms. The standard InChI is InChI=1S/C16H16ClN3/c1-2-18-10-12-7-8-13(17)9-16(12)20-11-19-14-5-3-4-6-15(14)20/h3-9,11,18H,2,10H2,1H3. The predicted octanol–water partition coefficient (Wildman–Crippen LogP) is 3.79. The maximum atomic E-state index is 6.16. The number of nitrogens with zero attached hydrogens (tertiary/aromatic N) is 2. The molecule has 3 aromatic rings. The van der Waals surface area contributed by atoms with E-state index in [2.05, 4.69) is 33.9 Å². The van der Waals surface area contributed by atoms with E-state index in [1.54, 1.807) is 0 Å². The summed E-state index contributed by atoms with van der Waals surface area (Å²) in [6.45, 7) is 3.85. The number of fused-ring (bicyclic) bond motifs is 1. The average molecular weight is 286 g/mol. The van der Waals surface area contributed by atoms with E-state index in [-0.39, 0.29) is 0 Å². The summed E-state index contributed by atoms with van der Waals surface area (Å²) in [6.07, 6.45) is 1.85. The summed E-state index contributed by atoms with van der Waals surface area (Å²) in [5.74, 6) is 0. The molecule has 0 radical (unpaired) electrons. The highest BCUT2D eigenvalue weighted by Gasteiger charge is 2.09. The van der Waals surface area contributed by atoms with E-state index < -0.39 is 0 Å². The first kappa shape index (κ1) is 13.2. The highest BCUT2D eigenvalue weighted by atomic mass is 35.5. The Bertz CT molecular complexity index is 733. The Morgan fingerprint density at radius 2 is 2.05 bits per heavy atom. The van der Waals surface area contributed by atoms with Crippen LogP contribution >= 0.6 is 11.6 Å². The summed E-state index contributed by atoms with van der Waals surface area (Å²) in [5, 5.41) is 4.09. The van der Waals surface area contributed by atoms with Crippen LogP contribution in [0.5, 0.6) is 0 Å². The van der Waals surface area contributed by atoms with Gasteiger partial charge >= 0.3 is 0 Å². The third kappa shape index (κ3) is 2.42. The molecule has 0 atom stereocenters.